The number of hydrogen-bond acceptors (Lipinski definition) is 5. The van der Waals surface area contributed by atoms with Gasteiger partial charge in [-0.3, -0.25) is 0 Å². The van der Waals surface area contributed by atoms with Crippen LogP contribution >= 0.6 is 7.82 Å². The van der Waals surface area contributed by atoms with E-state index in [1.54, 1.807) is 0 Å². The third-order valence-electron chi connectivity index (χ3n) is 0.188. The Morgan fingerprint density at radius 2 is 1.70 bits per heavy atom. The van der Waals surface area contributed by atoms with Crippen LogP contribution < -0.4 is 22.6 Å². The molecule has 10 heteroatoms. The summed E-state index contributed by atoms with van der Waals surface area (Å²) in [6, 6.07) is 0. The largest absolute Gasteiger partial charge is 1.00 e. The van der Waals surface area contributed by atoms with Gasteiger partial charge in [0, 0.05) is 0 Å². The Morgan fingerprint density at radius 3 is 1.70 bits per heavy atom. The molecule has 0 amide bonds. The molecule has 7 nitrogen and oxygen atoms in total. The Balaban J connectivity index is 0. The normalized spacial score (nSPS) is 12.3. The molecule has 2 N–H and O–H groups in total. The summed E-state index contributed by atoms with van der Waals surface area (Å²) in [7, 11) is -5.13. The molecule has 0 radical (unpaired) electrons. The average Bonchev–Trinajstić information content (AvgIpc) is 1.14. The van der Waals surface area contributed by atoms with Gasteiger partial charge in [0.1, 0.15) is 0 Å². The smallest absolute Gasteiger partial charge is 1.00 e. The molecule has 0 spiro atoms. The maximum atomic E-state index is 9.57. The van der Waals surface area contributed by atoms with Crippen LogP contribution in [0.25, 0.3) is 0 Å². The van der Waals surface area contributed by atoms with E-state index in [0.717, 1.165) is 0 Å². The second kappa shape index (κ2) is 4.10. The fourth-order valence-electron chi connectivity index (χ4n) is 0.119. The predicted octanol–water partition coefficient (Wildman–Crippen LogP) is -4.87. The van der Waals surface area contributed by atoms with Crippen molar-refractivity contribution < 1.29 is 63.7 Å². The first-order valence-corrected chi connectivity index (χ1v) is 7.75. The molecule has 0 aromatic rings. The van der Waals surface area contributed by atoms with E-state index in [1.165, 1.54) is 0 Å². The maximum Gasteiger partial charge on any atom is 1.00 e. The molecule has 0 rings (SSSR count). The van der Waals surface area contributed by atoms with Crippen molar-refractivity contribution in [1.82, 2.24) is 0 Å². The second-order valence-corrected chi connectivity index (χ2v) is 6.64. The molecule has 0 aromatic carbocycles. The molecule has 0 fully saturated rings. The first-order chi connectivity index (χ1) is 3.71. The number of phosphoric acid groups is 1. The summed E-state index contributed by atoms with van der Waals surface area (Å²) in [5.74, 6) is 0. The minimum atomic E-state index is -6.44. The van der Waals surface area contributed by atoms with Gasteiger partial charge in [-0.05, 0) is 0 Å². The van der Waals surface area contributed by atoms with Gasteiger partial charge in [0.25, 0.3) is 0 Å². The van der Waals surface area contributed by atoms with E-state index >= 15 is 0 Å². The maximum absolute atomic E-state index is 9.57. The molecular formula is H2LiO7PW. The van der Waals surface area contributed by atoms with Gasteiger partial charge in [-0.2, -0.15) is 0 Å². The summed E-state index contributed by atoms with van der Waals surface area (Å²) in [5.41, 5.74) is 0. The number of rotatable bonds is 2. The summed E-state index contributed by atoms with van der Waals surface area (Å²) in [5, 5.41) is 0. The molecule has 0 bridgehead atoms. The van der Waals surface area contributed by atoms with Crippen LogP contribution in [0.5, 0.6) is 0 Å². The Labute approximate surface area is 71.5 Å². The SMILES string of the molecule is O=P(O)(O)[O][W](=[O])(=[O])[O-].[Li+]. The van der Waals surface area contributed by atoms with Crippen molar-refractivity contribution >= 4 is 7.82 Å². The van der Waals surface area contributed by atoms with Gasteiger partial charge >= 0.3 is 71.5 Å². The van der Waals surface area contributed by atoms with Crippen LogP contribution in [0.3, 0.4) is 0 Å². The molecule has 0 aromatic heterocycles. The summed E-state index contributed by atoms with van der Waals surface area (Å²) in [4.78, 5) is 15.4. The zero-order valence-corrected chi connectivity index (χ0v) is 8.62. The van der Waals surface area contributed by atoms with Gasteiger partial charge in [-0.25, -0.2) is 0 Å². The average molecular weight is 336 g/mol. The van der Waals surface area contributed by atoms with Gasteiger partial charge in [-0.15, -0.1) is 0 Å². The Kier molecular flexibility index (Phi) is 5.55. The van der Waals surface area contributed by atoms with Gasteiger partial charge in [-0.1, -0.05) is 0 Å². The van der Waals surface area contributed by atoms with Crippen LogP contribution in [-0.4, -0.2) is 9.79 Å². The van der Waals surface area contributed by atoms with E-state index < -0.39 is 24.6 Å². The molecule has 0 saturated heterocycles. The third kappa shape index (κ3) is 11.7. The van der Waals surface area contributed by atoms with Crippen molar-refractivity contribution in [3.8, 4) is 0 Å². The van der Waals surface area contributed by atoms with Crippen molar-refractivity contribution in [3.63, 3.8) is 0 Å². The van der Waals surface area contributed by atoms with Crippen LogP contribution in [-0.2, 0) is 31.3 Å². The predicted molar refractivity (Wildman–Crippen MR) is 14.5 cm³/mol. The molecule has 0 atom stereocenters. The van der Waals surface area contributed by atoms with Gasteiger partial charge in [0.2, 0.25) is 0 Å². The van der Waals surface area contributed by atoms with E-state index in [-0.39, 0.29) is 18.9 Å². The van der Waals surface area contributed by atoms with E-state index in [0.29, 0.717) is 0 Å². The first kappa shape index (κ1) is 13.5. The summed E-state index contributed by atoms with van der Waals surface area (Å²) in [6.07, 6.45) is 0. The minimum absolute atomic E-state index is 0. The first-order valence-electron chi connectivity index (χ1n) is 1.43. The monoisotopic (exact) mass is 336 g/mol. The Hall–Kier alpha value is 0.956. The van der Waals surface area contributed by atoms with Crippen molar-refractivity contribution in [2.75, 3.05) is 0 Å². The quantitative estimate of drug-likeness (QED) is 0.383. The van der Waals surface area contributed by atoms with Crippen molar-refractivity contribution in [2.24, 2.45) is 0 Å². The van der Waals surface area contributed by atoms with Gasteiger partial charge in [0.05, 0.1) is 0 Å². The molecule has 56 valence electrons. The molecular weight excluding hydrogens is 334 g/mol. The molecule has 0 unspecified atom stereocenters. The van der Waals surface area contributed by atoms with E-state index in [4.69, 9.17) is 9.79 Å². The minimum Gasteiger partial charge on any atom is 1.00 e. The van der Waals surface area contributed by atoms with Crippen LogP contribution in [0.1, 0.15) is 0 Å². The summed E-state index contributed by atoms with van der Waals surface area (Å²) in [6.45, 7) is 0. The summed E-state index contributed by atoms with van der Waals surface area (Å²) >= 11 is -6.44. The topological polar surface area (TPSA) is 124 Å². The molecule has 0 aliphatic rings. The fraction of sp³-hybridized carbons (Fsp3) is 0. The molecule has 0 heterocycles. The van der Waals surface area contributed by atoms with Crippen LogP contribution in [0.2, 0.25) is 0 Å². The third-order valence-corrected chi connectivity index (χ3v) is 4.63. The molecule has 0 aliphatic carbocycles. The van der Waals surface area contributed by atoms with Crippen molar-refractivity contribution in [1.29, 1.82) is 0 Å². The van der Waals surface area contributed by atoms with E-state index in [9.17, 15) is 15.1 Å². The van der Waals surface area contributed by atoms with Crippen LogP contribution in [0.15, 0.2) is 0 Å². The zero-order valence-electron chi connectivity index (χ0n) is 4.79. The second-order valence-electron chi connectivity index (χ2n) is 0.973. The standard InChI is InChI=1S/Li.H3O4P.3O.W/c;1-5(2,3)4;;;;/h;(H3,1,2,3,4);;;;/q+1;;;;-1;+1/p-1. The fourth-order valence-corrected chi connectivity index (χ4v) is 2.92. The van der Waals surface area contributed by atoms with Crippen LogP contribution in [0.4, 0.5) is 0 Å². The Morgan fingerprint density at radius 1 is 1.40 bits per heavy atom. The van der Waals surface area contributed by atoms with E-state index in [2.05, 4.69) is 3.18 Å². The number of hydrogen-bond donors (Lipinski definition) is 2. The van der Waals surface area contributed by atoms with Gasteiger partial charge in [0.15, 0.2) is 0 Å². The van der Waals surface area contributed by atoms with Crippen molar-refractivity contribution in [2.45, 2.75) is 0 Å². The van der Waals surface area contributed by atoms with Gasteiger partial charge < -0.3 is 0 Å². The van der Waals surface area contributed by atoms with Crippen LogP contribution in [0, 0.1) is 0 Å². The summed E-state index contributed by atoms with van der Waals surface area (Å²) < 4.78 is 40.9. The molecule has 0 saturated carbocycles. The zero-order chi connectivity index (χ0) is 7.71. The van der Waals surface area contributed by atoms with E-state index in [1.807, 2.05) is 0 Å². The Bertz CT molecular complexity index is 220. The molecule has 0 aliphatic heterocycles. The molecule has 10 heavy (non-hydrogen) atoms. The van der Waals surface area contributed by atoms with Crippen molar-refractivity contribution in [3.05, 3.63) is 0 Å².